The molecule has 1 atom stereocenters. The number of Topliss-reactive ketones (excluding diaryl/α,β-unsaturated/α-hetero) is 1. The van der Waals surface area contributed by atoms with Crippen LogP contribution in [0.2, 0.25) is 0 Å². The van der Waals surface area contributed by atoms with E-state index in [0.717, 1.165) is 19.3 Å². The molecule has 0 aromatic carbocycles. The maximum atomic E-state index is 12.6. The van der Waals surface area contributed by atoms with Gasteiger partial charge in [0.15, 0.2) is 5.78 Å². The first kappa shape index (κ1) is 16.2. The summed E-state index contributed by atoms with van der Waals surface area (Å²) < 4.78 is 10.8. The van der Waals surface area contributed by atoms with Crippen LogP contribution in [-0.4, -0.2) is 30.1 Å². The number of ether oxygens (including phenoxy) is 2. The van der Waals surface area contributed by atoms with Crippen LogP contribution in [0.4, 0.5) is 0 Å². The molecule has 0 spiro atoms. The van der Waals surface area contributed by atoms with Crippen molar-refractivity contribution in [2.75, 3.05) is 7.11 Å². The average molecular weight is 270 g/mol. The highest BCUT2D eigenvalue weighted by Crippen LogP contribution is 2.34. The normalized spacial score (nSPS) is 20.7. The predicted molar refractivity (Wildman–Crippen MR) is 72.8 cm³/mol. The molecule has 1 aliphatic rings. The third-order valence-corrected chi connectivity index (χ3v) is 3.65. The number of carbonyl (C=O) groups excluding carboxylic acids is 2. The molecule has 4 heteroatoms. The van der Waals surface area contributed by atoms with Gasteiger partial charge in [0.1, 0.15) is 17.1 Å². The van der Waals surface area contributed by atoms with Crippen molar-refractivity contribution in [3.63, 3.8) is 0 Å². The van der Waals surface area contributed by atoms with Crippen LogP contribution in [0.5, 0.6) is 0 Å². The van der Waals surface area contributed by atoms with E-state index in [0.29, 0.717) is 12.8 Å². The summed E-state index contributed by atoms with van der Waals surface area (Å²) in [5.41, 5.74) is -1.35. The monoisotopic (exact) mass is 270 g/mol. The van der Waals surface area contributed by atoms with Gasteiger partial charge in [0.2, 0.25) is 0 Å². The maximum Gasteiger partial charge on any atom is 0.316 e. The Morgan fingerprint density at radius 2 is 1.63 bits per heavy atom. The van der Waals surface area contributed by atoms with Gasteiger partial charge in [0.25, 0.3) is 0 Å². The molecule has 0 amide bonds. The fraction of sp³-hybridized carbons (Fsp3) is 0.867. The van der Waals surface area contributed by atoms with Gasteiger partial charge in [-0.25, -0.2) is 0 Å². The van der Waals surface area contributed by atoms with E-state index in [1.807, 2.05) is 0 Å². The Morgan fingerprint density at radius 1 is 1.11 bits per heavy atom. The molecule has 1 fully saturated rings. The molecule has 0 bridgehead atoms. The molecular weight excluding hydrogens is 244 g/mol. The zero-order valence-corrected chi connectivity index (χ0v) is 12.7. The lowest BCUT2D eigenvalue weighted by atomic mass is 9.77. The van der Waals surface area contributed by atoms with E-state index in [4.69, 9.17) is 9.47 Å². The zero-order valence-electron chi connectivity index (χ0n) is 12.7. The fourth-order valence-electron chi connectivity index (χ4n) is 2.57. The minimum atomic E-state index is -0.783. The summed E-state index contributed by atoms with van der Waals surface area (Å²) in [5, 5.41) is 0. The zero-order chi connectivity index (χ0) is 14.7. The minimum absolute atomic E-state index is 0.135. The van der Waals surface area contributed by atoms with Crippen molar-refractivity contribution in [2.45, 2.75) is 71.0 Å². The summed E-state index contributed by atoms with van der Waals surface area (Å²) in [7, 11) is 1.56. The van der Waals surface area contributed by atoms with Gasteiger partial charge in [-0.2, -0.15) is 0 Å². The third kappa shape index (κ3) is 4.03. The molecule has 0 saturated heterocycles. The Morgan fingerprint density at radius 3 is 2.05 bits per heavy atom. The molecule has 0 aromatic rings. The van der Waals surface area contributed by atoms with Crippen molar-refractivity contribution >= 4 is 11.8 Å². The number of methoxy groups -OCH3 is 1. The Bertz CT molecular complexity index is 335. The van der Waals surface area contributed by atoms with Gasteiger partial charge in [-0.05, 0) is 40.5 Å². The largest absolute Gasteiger partial charge is 0.459 e. The molecule has 1 unspecified atom stereocenters. The van der Waals surface area contributed by atoms with Crippen molar-refractivity contribution in [2.24, 2.45) is 5.92 Å². The fourth-order valence-corrected chi connectivity index (χ4v) is 2.57. The lowest BCUT2D eigenvalue weighted by molar-refractivity contribution is -0.168. The van der Waals surface area contributed by atoms with Gasteiger partial charge in [0, 0.05) is 7.11 Å². The van der Waals surface area contributed by atoms with Crippen molar-refractivity contribution < 1.29 is 19.1 Å². The second kappa shape index (κ2) is 6.04. The summed E-state index contributed by atoms with van der Waals surface area (Å²) >= 11 is 0. The maximum absolute atomic E-state index is 12.6. The van der Waals surface area contributed by atoms with Gasteiger partial charge < -0.3 is 9.47 Å². The molecule has 1 rings (SSSR count). The second-order valence-corrected chi connectivity index (χ2v) is 6.38. The Hall–Kier alpha value is -0.900. The molecule has 0 N–H and O–H groups in total. The smallest absolute Gasteiger partial charge is 0.316 e. The van der Waals surface area contributed by atoms with E-state index < -0.39 is 23.1 Å². The van der Waals surface area contributed by atoms with E-state index in [-0.39, 0.29) is 5.78 Å². The van der Waals surface area contributed by atoms with Crippen LogP contribution in [0.25, 0.3) is 0 Å². The molecule has 1 saturated carbocycles. The highest BCUT2D eigenvalue weighted by molar-refractivity contribution is 6.03. The number of rotatable bonds is 4. The number of carbonyl (C=O) groups is 2. The number of hydrogen-bond acceptors (Lipinski definition) is 4. The molecular formula is C15H26O4. The van der Waals surface area contributed by atoms with Crippen molar-refractivity contribution in [3.05, 3.63) is 0 Å². The van der Waals surface area contributed by atoms with E-state index in [2.05, 4.69) is 0 Å². The van der Waals surface area contributed by atoms with E-state index in [9.17, 15) is 9.59 Å². The molecule has 0 aliphatic heterocycles. The SMILES string of the molecule is COC1(C(=O)C(C)C(=O)OC(C)(C)C)CCCCC1. The van der Waals surface area contributed by atoms with Gasteiger partial charge in [-0.15, -0.1) is 0 Å². The van der Waals surface area contributed by atoms with Crippen LogP contribution in [-0.2, 0) is 19.1 Å². The summed E-state index contributed by atoms with van der Waals surface area (Å²) in [6.07, 6.45) is 4.48. The summed E-state index contributed by atoms with van der Waals surface area (Å²) in [4.78, 5) is 24.6. The Kier molecular flexibility index (Phi) is 5.13. The third-order valence-electron chi connectivity index (χ3n) is 3.65. The highest BCUT2D eigenvalue weighted by Gasteiger charge is 2.44. The van der Waals surface area contributed by atoms with Crippen LogP contribution in [0.15, 0.2) is 0 Å². The van der Waals surface area contributed by atoms with Gasteiger partial charge >= 0.3 is 5.97 Å². The molecule has 1 aliphatic carbocycles. The lowest BCUT2D eigenvalue weighted by Gasteiger charge is -2.36. The van der Waals surface area contributed by atoms with Crippen LogP contribution in [0, 0.1) is 5.92 Å². The topological polar surface area (TPSA) is 52.6 Å². The van der Waals surface area contributed by atoms with Crippen LogP contribution < -0.4 is 0 Å². The molecule has 19 heavy (non-hydrogen) atoms. The van der Waals surface area contributed by atoms with Crippen molar-refractivity contribution in [1.82, 2.24) is 0 Å². The standard InChI is InChI=1S/C15H26O4/c1-11(13(17)19-14(2,3)4)12(16)15(18-5)9-7-6-8-10-15/h11H,6-10H2,1-5H3. The Labute approximate surface area is 115 Å². The van der Waals surface area contributed by atoms with E-state index in [1.54, 1.807) is 34.8 Å². The molecule has 0 radical (unpaired) electrons. The number of hydrogen-bond donors (Lipinski definition) is 0. The van der Waals surface area contributed by atoms with Gasteiger partial charge in [-0.3, -0.25) is 9.59 Å². The predicted octanol–water partition coefficient (Wildman–Crippen LogP) is 2.88. The van der Waals surface area contributed by atoms with E-state index in [1.165, 1.54) is 0 Å². The van der Waals surface area contributed by atoms with Crippen LogP contribution >= 0.6 is 0 Å². The van der Waals surface area contributed by atoms with Crippen molar-refractivity contribution in [3.8, 4) is 0 Å². The highest BCUT2D eigenvalue weighted by atomic mass is 16.6. The first-order valence-corrected chi connectivity index (χ1v) is 7.04. The lowest BCUT2D eigenvalue weighted by Crippen LogP contribution is -2.48. The van der Waals surface area contributed by atoms with Gasteiger partial charge in [-0.1, -0.05) is 19.3 Å². The second-order valence-electron chi connectivity index (χ2n) is 6.38. The molecule has 110 valence electrons. The molecule has 4 nitrogen and oxygen atoms in total. The average Bonchev–Trinajstić information content (AvgIpc) is 2.35. The summed E-state index contributed by atoms with van der Waals surface area (Å²) in [6.45, 7) is 7.02. The number of ketones is 1. The van der Waals surface area contributed by atoms with E-state index >= 15 is 0 Å². The first-order valence-electron chi connectivity index (χ1n) is 7.04. The first-order chi connectivity index (χ1) is 8.72. The van der Waals surface area contributed by atoms with Crippen LogP contribution in [0.3, 0.4) is 0 Å². The molecule has 0 heterocycles. The molecule has 0 aromatic heterocycles. The minimum Gasteiger partial charge on any atom is -0.459 e. The Balaban J connectivity index is 2.77. The van der Waals surface area contributed by atoms with Gasteiger partial charge in [0.05, 0.1) is 0 Å². The van der Waals surface area contributed by atoms with Crippen molar-refractivity contribution in [1.29, 1.82) is 0 Å². The summed E-state index contributed by atoms with van der Waals surface area (Å²) in [6, 6.07) is 0. The van der Waals surface area contributed by atoms with Crippen LogP contribution in [0.1, 0.15) is 59.8 Å². The summed E-state index contributed by atoms with van der Waals surface area (Å²) in [5.74, 6) is -1.36. The number of esters is 1. The quantitative estimate of drug-likeness (QED) is 0.582.